The van der Waals surface area contributed by atoms with E-state index in [0.29, 0.717) is 32.6 Å². The molecule has 1 aliphatic heterocycles. The minimum atomic E-state index is 0.0780. The lowest BCUT2D eigenvalue weighted by atomic mass is 10.0. The van der Waals surface area contributed by atoms with E-state index >= 15 is 0 Å². The van der Waals surface area contributed by atoms with Crippen molar-refractivity contribution < 1.29 is 9.59 Å². The molecule has 0 bridgehead atoms. The Morgan fingerprint density at radius 1 is 1.09 bits per heavy atom. The Morgan fingerprint density at radius 3 is 2.27 bits per heavy atom. The maximum atomic E-state index is 12.4. The molecule has 4 nitrogen and oxygen atoms in total. The van der Waals surface area contributed by atoms with Crippen molar-refractivity contribution in [1.29, 1.82) is 0 Å². The third-order valence-electron chi connectivity index (χ3n) is 4.58. The first-order valence-electron chi connectivity index (χ1n) is 8.14. The van der Waals surface area contributed by atoms with E-state index in [2.05, 4.69) is 0 Å². The van der Waals surface area contributed by atoms with Gasteiger partial charge in [0.15, 0.2) is 0 Å². The van der Waals surface area contributed by atoms with Crippen LogP contribution in [0.15, 0.2) is 24.3 Å². The minimum absolute atomic E-state index is 0.0780. The monoisotopic (exact) mass is 302 g/mol. The van der Waals surface area contributed by atoms with Gasteiger partial charge in [-0.2, -0.15) is 0 Å². The molecule has 1 aromatic carbocycles. The molecular weight excluding hydrogens is 276 g/mol. The molecule has 2 amide bonds. The summed E-state index contributed by atoms with van der Waals surface area (Å²) in [6.45, 7) is 8.64. The van der Waals surface area contributed by atoms with Crippen LogP contribution in [-0.4, -0.2) is 47.8 Å². The van der Waals surface area contributed by atoms with Gasteiger partial charge in [-0.1, -0.05) is 38.1 Å². The fourth-order valence-electron chi connectivity index (χ4n) is 2.75. The number of benzene rings is 1. The molecule has 0 unspecified atom stereocenters. The van der Waals surface area contributed by atoms with E-state index in [1.54, 1.807) is 0 Å². The molecule has 0 saturated carbocycles. The molecular formula is C18H26N2O2. The van der Waals surface area contributed by atoms with Gasteiger partial charge in [0.25, 0.3) is 0 Å². The lowest BCUT2D eigenvalue weighted by Crippen LogP contribution is -2.52. The van der Waals surface area contributed by atoms with E-state index in [9.17, 15) is 9.59 Å². The lowest BCUT2D eigenvalue weighted by molar-refractivity contribution is -0.141. The zero-order valence-corrected chi connectivity index (χ0v) is 13.8. The van der Waals surface area contributed by atoms with E-state index in [0.717, 1.165) is 17.5 Å². The number of hydrogen-bond donors (Lipinski definition) is 0. The van der Waals surface area contributed by atoms with Crippen molar-refractivity contribution in [2.24, 2.45) is 5.92 Å². The number of nitrogens with zero attached hydrogens (tertiary/aromatic N) is 2. The van der Waals surface area contributed by atoms with Gasteiger partial charge in [0.2, 0.25) is 11.8 Å². The van der Waals surface area contributed by atoms with Gasteiger partial charge in [0.05, 0.1) is 6.42 Å². The Labute approximate surface area is 133 Å². The molecule has 1 saturated heterocycles. The molecule has 0 aliphatic carbocycles. The molecule has 120 valence electrons. The summed E-state index contributed by atoms with van der Waals surface area (Å²) in [7, 11) is 0. The Balaban J connectivity index is 1.88. The van der Waals surface area contributed by atoms with Crippen molar-refractivity contribution in [2.45, 2.75) is 33.6 Å². The minimum Gasteiger partial charge on any atom is -0.339 e. The second-order valence-corrected chi connectivity index (χ2v) is 6.12. The molecule has 0 N–H and O–H groups in total. The van der Waals surface area contributed by atoms with Gasteiger partial charge in [-0.15, -0.1) is 0 Å². The van der Waals surface area contributed by atoms with Crippen LogP contribution in [0, 0.1) is 12.8 Å². The number of amides is 2. The fraction of sp³-hybridized carbons (Fsp3) is 0.556. The SMILES string of the molecule is CC[C@H](C)C(=O)N1CCN(C(=O)Cc2ccccc2C)CC1. The van der Waals surface area contributed by atoms with Crippen LogP contribution >= 0.6 is 0 Å². The Hall–Kier alpha value is -1.84. The molecule has 1 fully saturated rings. The van der Waals surface area contributed by atoms with E-state index < -0.39 is 0 Å². The maximum absolute atomic E-state index is 12.4. The second-order valence-electron chi connectivity index (χ2n) is 6.12. The second kappa shape index (κ2) is 7.43. The highest BCUT2D eigenvalue weighted by Crippen LogP contribution is 2.13. The van der Waals surface area contributed by atoms with Crippen molar-refractivity contribution in [3.63, 3.8) is 0 Å². The summed E-state index contributed by atoms with van der Waals surface area (Å²) in [5.41, 5.74) is 2.24. The number of piperazine rings is 1. The predicted molar refractivity (Wildman–Crippen MR) is 87.5 cm³/mol. The summed E-state index contributed by atoms with van der Waals surface area (Å²) in [5.74, 6) is 0.452. The summed E-state index contributed by atoms with van der Waals surface area (Å²) < 4.78 is 0. The van der Waals surface area contributed by atoms with E-state index in [1.165, 1.54) is 0 Å². The van der Waals surface area contributed by atoms with Gasteiger partial charge < -0.3 is 9.80 Å². The largest absolute Gasteiger partial charge is 0.339 e. The third kappa shape index (κ3) is 3.87. The van der Waals surface area contributed by atoms with Crippen LogP contribution in [0.1, 0.15) is 31.4 Å². The van der Waals surface area contributed by atoms with Gasteiger partial charge >= 0.3 is 0 Å². The van der Waals surface area contributed by atoms with Crippen LogP contribution in [0.3, 0.4) is 0 Å². The Morgan fingerprint density at radius 2 is 1.68 bits per heavy atom. The molecule has 4 heteroatoms. The topological polar surface area (TPSA) is 40.6 Å². The van der Waals surface area contributed by atoms with Gasteiger partial charge in [0, 0.05) is 32.1 Å². The van der Waals surface area contributed by atoms with Crippen LogP contribution < -0.4 is 0 Å². The van der Waals surface area contributed by atoms with Crippen molar-refractivity contribution in [1.82, 2.24) is 9.80 Å². The van der Waals surface area contributed by atoms with Crippen LogP contribution in [0.2, 0.25) is 0 Å². The fourth-order valence-corrected chi connectivity index (χ4v) is 2.75. The highest BCUT2D eigenvalue weighted by Gasteiger charge is 2.26. The van der Waals surface area contributed by atoms with Crippen molar-refractivity contribution in [3.8, 4) is 0 Å². The molecule has 22 heavy (non-hydrogen) atoms. The summed E-state index contributed by atoms with van der Waals surface area (Å²) in [5, 5.41) is 0. The zero-order chi connectivity index (χ0) is 16.1. The molecule has 0 aromatic heterocycles. The maximum Gasteiger partial charge on any atom is 0.227 e. The molecule has 0 radical (unpaired) electrons. The normalized spacial score (nSPS) is 16.5. The average molecular weight is 302 g/mol. The standard InChI is InChI=1S/C18H26N2O2/c1-4-14(2)18(22)20-11-9-19(10-12-20)17(21)13-16-8-6-5-7-15(16)3/h5-8,14H,4,9-13H2,1-3H3/t14-/m0/s1. The van der Waals surface area contributed by atoms with Crippen molar-refractivity contribution >= 4 is 11.8 Å². The molecule has 1 aromatic rings. The first-order chi connectivity index (χ1) is 10.5. The van der Waals surface area contributed by atoms with Crippen LogP contribution in [0.25, 0.3) is 0 Å². The summed E-state index contributed by atoms with van der Waals surface area (Å²) in [4.78, 5) is 28.3. The number of rotatable bonds is 4. The Bertz CT molecular complexity index is 534. The van der Waals surface area contributed by atoms with E-state index in [4.69, 9.17) is 0 Å². The van der Waals surface area contributed by atoms with Crippen molar-refractivity contribution in [3.05, 3.63) is 35.4 Å². The molecule has 1 heterocycles. The molecule has 2 rings (SSSR count). The molecule has 1 aliphatic rings. The zero-order valence-electron chi connectivity index (χ0n) is 13.8. The van der Waals surface area contributed by atoms with Gasteiger partial charge in [-0.3, -0.25) is 9.59 Å². The predicted octanol–water partition coefficient (Wildman–Crippen LogP) is 2.25. The highest BCUT2D eigenvalue weighted by molar-refractivity contribution is 5.81. The Kier molecular flexibility index (Phi) is 5.58. The average Bonchev–Trinajstić information content (AvgIpc) is 2.55. The van der Waals surface area contributed by atoms with Crippen LogP contribution in [-0.2, 0) is 16.0 Å². The summed E-state index contributed by atoms with van der Waals surface area (Å²) in [6, 6.07) is 8.00. The highest BCUT2D eigenvalue weighted by atomic mass is 16.2. The molecule has 1 atom stereocenters. The quantitative estimate of drug-likeness (QED) is 0.856. The van der Waals surface area contributed by atoms with Gasteiger partial charge in [-0.25, -0.2) is 0 Å². The van der Waals surface area contributed by atoms with Crippen molar-refractivity contribution in [2.75, 3.05) is 26.2 Å². The molecule has 0 spiro atoms. The number of aryl methyl sites for hydroxylation is 1. The summed E-state index contributed by atoms with van der Waals surface area (Å²) in [6.07, 6.45) is 1.32. The van der Waals surface area contributed by atoms with Gasteiger partial charge in [-0.05, 0) is 24.5 Å². The van der Waals surface area contributed by atoms with Crippen LogP contribution in [0.4, 0.5) is 0 Å². The van der Waals surface area contributed by atoms with E-state index in [1.807, 2.05) is 54.8 Å². The third-order valence-corrected chi connectivity index (χ3v) is 4.58. The first kappa shape index (κ1) is 16.5. The van der Waals surface area contributed by atoms with E-state index in [-0.39, 0.29) is 17.7 Å². The number of carbonyl (C=O) groups excluding carboxylic acids is 2. The van der Waals surface area contributed by atoms with Crippen LogP contribution in [0.5, 0.6) is 0 Å². The summed E-state index contributed by atoms with van der Waals surface area (Å²) >= 11 is 0. The first-order valence-corrected chi connectivity index (χ1v) is 8.14. The lowest BCUT2D eigenvalue weighted by Gasteiger charge is -2.36. The smallest absolute Gasteiger partial charge is 0.227 e. The number of carbonyl (C=O) groups is 2. The number of hydrogen-bond acceptors (Lipinski definition) is 2. The van der Waals surface area contributed by atoms with Gasteiger partial charge in [0.1, 0.15) is 0 Å².